The second kappa shape index (κ2) is 11.9. The zero-order valence-electron chi connectivity index (χ0n) is 20.7. The molecule has 1 aliphatic heterocycles. The van der Waals surface area contributed by atoms with E-state index < -0.39 is 47.9 Å². The van der Waals surface area contributed by atoms with Crippen LogP contribution < -0.4 is 4.74 Å². The molecule has 2 fully saturated rings. The van der Waals surface area contributed by atoms with Crippen molar-refractivity contribution in [2.75, 3.05) is 6.54 Å². The van der Waals surface area contributed by atoms with Crippen LogP contribution in [0.2, 0.25) is 5.02 Å². The highest BCUT2D eigenvalue weighted by Crippen LogP contribution is 2.43. The van der Waals surface area contributed by atoms with Crippen LogP contribution in [0, 0.1) is 11.8 Å². The number of nitrogens with zero attached hydrogens (tertiary/aromatic N) is 2. The van der Waals surface area contributed by atoms with Crippen molar-refractivity contribution < 1.29 is 28.7 Å². The molecule has 2 heterocycles. The first kappa shape index (κ1) is 28.7. The quantitative estimate of drug-likeness (QED) is 0.101. The summed E-state index contributed by atoms with van der Waals surface area (Å²) in [5.41, 5.74) is 0.255. The van der Waals surface area contributed by atoms with Gasteiger partial charge in [-0.15, -0.1) is 11.3 Å². The standard InChI is InChI=1S/C28H21Br2ClN2O6S/c29-20-12-18-19(13-21(20)30)27(37)33(26(18)36)32(25(35)17-4-1-2-5-22(17)31)14-23(34)15-7-9-16(10-8-15)39-28(38)24-6-3-11-40-24/h1-11,18-21H,12-14H2/t18-,19+,20+,21-. The lowest BCUT2D eigenvalue weighted by Gasteiger charge is -2.30. The number of thiophene rings is 1. The molecule has 1 aromatic heterocycles. The third-order valence-corrected chi connectivity index (χ3v) is 10.8. The van der Waals surface area contributed by atoms with E-state index in [-0.39, 0.29) is 31.6 Å². The molecule has 40 heavy (non-hydrogen) atoms. The lowest BCUT2D eigenvalue weighted by Crippen LogP contribution is -2.52. The third-order valence-electron chi connectivity index (χ3n) is 6.87. The first-order chi connectivity index (χ1) is 19.2. The number of imide groups is 1. The smallest absolute Gasteiger partial charge is 0.353 e. The van der Waals surface area contributed by atoms with E-state index in [2.05, 4.69) is 31.9 Å². The average molecular weight is 709 g/mol. The van der Waals surface area contributed by atoms with Crippen molar-refractivity contribution in [3.63, 3.8) is 0 Å². The summed E-state index contributed by atoms with van der Waals surface area (Å²) in [4.78, 5) is 66.7. The maximum absolute atomic E-state index is 13.7. The van der Waals surface area contributed by atoms with E-state index in [0.717, 1.165) is 10.0 Å². The van der Waals surface area contributed by atoms with Gasteiger partial charge in [0.1, 0.15) is 17.2 Å². The van der Waals surface area contributed by atoms with Gasteiger partial charge in [-0.3, -0.25) is 19.2 Å². The van der Waals surface area contributed by atoms with Gasteiger partial charge in [-0.2, -0.15) is 5.01 Å². The Bertz CT molecular complexity index is 1450. The SMILES string of the molecule is O=C(CN(C(=O)c1ccccc1Cl)N1C(=O)[C@H]2C[C@@H](Br)[C@@H](Br)C[C@H]2C1=O)c1ccc(OC(=O)c2cccs2)cc1. The number of ether oxygens (including phenoxy) is 1. The number of carbonyl (C=O) groups excluding carboxylic acids is 5. The molecule has 0 bridgehead atoms. The number of esters is 1. The molecule has 3 aromatic rings. The van der Waals surface area contributed by atoms with Crippen molar-refractivity contribution in [3.8, 4) is 5.75 Å². The fourth-order valence-electron chi connectivity index (χ4n) is 4.81. The number of fused-ring (bicyclic) bond motifs is 1. The van der Waals surface area contributed by atoms with Gasteiger partial charge in [0.25, 0.3) is 17.7 Å². The Morgan fingerprint density at radius 2 is 1.55 bits per heavy atom. The molecule has 0 radical (unpaired) electrons. The molecule has 8 nitrogen and oxygen atoms in total. The van der Waals surface area contributed by atoms with Crippen LogP contribution in [0.3, 0.4) is 0 Å². The Labute approximate surface area is 255 Å². The van der Waals surface area contributed by atoms with Crippen LogP contribution in [0.4, 0.5) is 0 Å². The number of alkyl halides is 2. The average Bonchev–Trinajstić information content (AvgIpc) is 3.56. The van der Waals surface area contributed by atoms with Gasteiger partial charge in [0.2, 0.25) is 0 Å². The van der Waals surface area contributed by atoms with Gasteiger partial charge < -0.3 is 4.74 Å². The molecule has 1 saturated carbocycles. The largest absolute Gasteiger partial charge is 0.422 e. The highest BCUT2D eigenvalue weighted by molar-refractivity contribution is 9.12. The zero-order valence-corrected chi connectivity index (χ0v) is 25.4. The lowest BCUT2D eigenvalue weighted by molar-refractivity contribution is -0.154. The van der Waals surface area contributed by atoms with E-state index in [1.165, 1.54) is 47.7 Å². The first-order valence-corrected chi connectivity index (χ1v) is 15.4. The van der Waals surface area contributed by atoms with E-state index >= 15 is 0 Å². The molecule has 206 valence electrons. The summed E-state index contributed by atoms with van der Waals surface area (Å²) in [5.74, 6) is -3.82. The molecule has 3 amide bonds. The van der Waals surface area contributed by atoms with E-state index in [4.69, 9.17) is 16.3 Å². The minimum atomic E-state index is -0.744. The highest BCUT2D eigenvalue weighted by atomic mass is 79.9. The molecule has 12 heteroatoms. The summed E-state index contributed by atoms with van der Waals surface area (Å²) < 4.78 is 5.34. The maximum atomic E-state index is 13.7. The molecular formula is C28H21Br2ClN2O6S. The van der Waals surface area contributed by atoms with Crippen molar-refractivity contribution in [3.05, 3.63) is 87.1 Å². The fraction of sp³-hybridized carbons (Fsp3) is 0.250. The summed E-state index contributed by atoms with van der Waals surface area (Å²) in [5, 5.41) is 3.60. The van der Waals surface area contributed by atoms with Crippen LogP contribution >= 0.6 is 54.8 Å². The van der Waals surface area contributed by atoms with Gasteiger partial charge in [-0.25, -0.2) is 9.80 Å². The monoisotopic (exact) mass is 706 g/mol. The van der Waals surface area contributed by atoms with Gasteiger partial charge in [-0.1, -0.05) is 61.7 Å². The molecular weight excluding hydrogens is 688 g/mol. The number of hydrogen-bond donors (Lipinski definition) is 0. The molecule has 1 aliphatic carbocycles. The number of rotatable bonds is 7. The molecule has 0 N–H and O–H groups in total. The minimum Gasteiger partial charge on any atom is -0.422 e. The number of hydrogen-bond acceptors (Lipinski definition) is 7. The third kappa shape index (κ3) is 5.65. The summed E-state index contributed by atoms with van der Waals surface area (Å²) in [6, 6.07) is 15.5. The summed E-state index contributed by atoms with van der Waals surface area (Å²) >= 11 is 14.6. The Morgan fingerprint density at radius 3 is 2.12 bits per heavy atom. The molecule has 0 unspecified atom stereocenters. The number of ketones is 1. The summed E-state index contributed by atoms with van der Waals surface area (Å²) in [6.45, 7) is -0.579. The lowest BCUT2D eigenvalue weighted by atomic mass is 9.81. The summed E-state index contributed by atoms with van der Waals surface area (Å²) in [6.07, 6.45) is 0.824. The zero-order chi connectivity index (χ0) is 28.6. The molecule has 5 rings (SSSR count). The van der Waals surface area contributed by atoms with Crippen molar-refractivity contribution in [1.82, 2.24) is 10.0 Å². The molecule has 4 atom stereocenters. The Morgan fingerprint density at radius 1 is 0.925 bits per heavy atom. The van der Waals surface area contributed by atoms with Crippen molar-refractivity contribution >= 4 is 84.3 Å². The normalized spacial score (nSPS) is 22.1. The number of amides is 3. The Balaban J connectivity index is 1.40. The second-order valence-electron chi connectivity index (χ2n) is 9.36. The van der Waals surface area contributed by atoms with Crippen LogP contribution in [0.25, 0.3) is 0 Å². The van der Waals surface area contributed by atoms with E-state index in [1.54, 1.807) is 29.6 Å². The fourth-order valence-corrected chi connectivity index (χ4v) is 6.86. The first-order valence-electron chi connectivity index (χ1n) is 12.3. The molecule has 2 aliphatic rings. The highest BCUT2D eigenvalue weighted by Gasteiger charge is 2.54. The Hall–Kier alpha value is -2.86. The number of hydrazine groups is 1. The van der Waals surface area contributed by atoms with Gasteiger partial charge in [-0.05, 0) is 60.7 Å². The van der Waals surface area contributed by atoms with Crippen molar-refractivity contribution in [1.29, 1.82) is 0 Å². The Kier molecular flexibility index (Phi) is 8.55. The van der Waals surface area contributed by atoms with Crippen molar-refractivity contribution in [2.24, 2.45) is 11.8 Å². The predicted octanol–water partition coefficient (Wildman–Crippen LogP) is 5.78. The van der Waals surface area contributed by atoms with Crippen molar-refractivity contribution in [2.45, 2.75) is 22.5 Å². The molecule has 1 saturated heterocycles. The molecule has 2 aromatic carbocycles. The van der Waals surface area contributed by atoms with E-state index in [9.17, 15) is 24.0 Å². The van der Waals surface area contributed by atoms with Crippen LogP contribution in [0.15, 0.2) is 66.0 Å². The van der Waals surface area contributed by atoms with Crippen LogP contribution in [-0.4, -0.2) is 55.7 Å². The number of carbonyl (C=O) groups is 5. The van der Waals surface area contributed by atoms with Gasteiger partial charge in [0.05, 0.1) is 22.4 Å². The van der Waals surface area contributed by atoms with E-state index in [1.807, 2.05) is 0 Å². The van der Waals surface area contributed by atoms with Crippen LogP contribution in [0.1, 0.15) is 43.2 Å². The topological polar surface area (TPSA) is 101 Å². The number of halogens is 3. The van der Waals surface area contributed by atoms with E-state index in [0.29, 0.717) is 17.7 Å². The summed E-state index contributed by atoms with van der Waals surface area (Å²) in [7, 11) is 0. The van der Waals surface area contributed by atoms with Gasteiger partial charge >= 0.3 is 5.97 Å². The molecule has 0 spiro atoms. The van der Waals surface area contributed by atoms with Crippen LogP contribution in [0.5, 0.6) is 5.75 Å². The maximum Gasteiger partial charge on any atom is 0.353 e. The van der Waals surface area contributed by atoms with Gasteiger partial charge in [0, 0.05) is 15.2 Å². The minimum absolute atomic E-state index is 0.0211. The van der Waals surface area contributed by atoms with Crippen LogP contribution in [-0.2, 0) is 9.59 Å². The predicted molar refractivity (Wildman–Crippen MR) is 156 cm³/mol. The number of benzene rings is 2. The van der Waals surface area contributed by atoms with Gasteiger partial charge in [0.15, 0.2) is 5.78 Å². The second-order valence-corrected chi connectivity index (χ2v) is 13.1. The number of Topliss-reactive ketones (excluding diaryl/α,β-unsaturated/α-hetero) is 1.